The first-order chi connectivity index (χ1) is 7.15. The van der Waals surface area contributed by atoms with Crippen LogP contribution >= 0.6 is 0 Å². The van der Waals surface area contributed by atoms with Gasteiger partial charge in [0.25, 0.3) is 0 Å². The van der Waals surface area contributed by atoms with Gasteiger partial charge >= 0.3 is 0 Å². The minimum absolute atomic E-state index is 0.218. The predicted molar refractivity (Wildman–Crippen MR) is 65.3 cm³/mol. The minimum atomic E-state index is -0.735. The number of nitrogens with one attached hydrogen (secondary N) is 1. The molecule has 0 bridgehead atoms. The predicted octanol–water partition coefficient (Wildman–Crippen LogP) is 1.36. The Morgan fingerprint density at radius 1 is 1.60 bits per heavy atom. The second-order valence-electron chi connectivity index (χ2n) is 3.73. The van der Waals surface area contributed by atoms with Gasteiger partial charge in [0.15, 0.2) is 0 Å². The average molecular weight is 228 g/mol. The Hall–Kier alpha value is -0.610. The zero-order valence-corrected chi connectivity index (χ0v) is 10.5. The van der Waals surface area contributed by atoms with Crippen molar-refractivity contribution in [2.75, 3.05) is 12.8 Å². The Balaban J connectivity index is 2.34. The van der Waals surface area contributed by atoms with Gasteiger partial charge < -0.3 is 9.88 Å². The lowest BCUT2D eigenvalue weighted by Gasteiger charge is -2.11. The van der Waals surface area contributed by atoms with E-state index in [1.807, 2.05) is 6.92 Å². The van der Waals surface area contributed by atoms with E-state index in [0.717, 1.165) is 19.6 Å². The van der Waals surface area contributed by atoms with Crippen molar-refractivity contribution in [2.24, 2.45) is 0 Å². The summed E-state index contributed by atoms with van der Waals surface area (Å²) in [5.41, 5.74) is 1.28. The molecule has 0 radical (unpaired) electrons. The van der Waals surface area contributed by atoms with Gasteiger partial charge in [0.2, 0.25) is 0 Å². The molecule has 4 heteroatoms. The first-order valence-corrected chi connectivity index (χ1v) is 6.94. The van der Waals surface area contributed by atoms with Crippen LogP contribution in [0.5, 0.6) is 0 Å². The lowest BCUT2D eigenvalue weighted by Crippen LogP contribution is -2.27. The van der Waals surface area contributed by atoms with Gasteiger partial charge in [-0.15, -0.1) is 0 Å². The van der Waals surface area contributed by atoms with E-state index in [0.29, 0.717) is 0 Å². The van der Waals surface area contributed by atoms with E-state index in [1.54, 1.807) is 6.26 Å². The quantitative estimate of drug-likeness (QED) is 0.798. The fourth-order valence-corrected chi connectivity index (χ4v) is 1.79. The highest BCUT2D eigenvalue weighted by Gasteiger charge is 2.05. The third-order valence-corrected chi connectivity index (χ3v) is 3.87. The molecule has 0 saturated carbocycles. The van der Waals surface area contributed by atoms with Crippen molar-refractivity contribution in [1.82, 2.24) is 9.88 Å². The van der Waals surface area contributed by atoms with Crippen molar-refractivity contribution in [3.05, 3.63) is 24.0 Å². The van der Waals surface area contributed by atoms with Gasteiger partial charge in [-0.25, -0.2) is 0 Å². The van der Waals surface area contributed by atoms with Crippen molar-refractivity contribution >= 4 is 10.8 Å². The highest BCUT2D eigenvalue weighted by atomic mass is 32.2. The maximum Gasteiger partial charge on any atom is 0.0441 e. The van der Waals surface area contributed by atoms with E-state index >= 15 is 0 Å². The summed E-state index contributed by atoms with van der Waals surface area (Å²) in [6, 6.07) is 4.17. The van der Waals surface area contributed by atoms with E-state index in [-0.39, 0.29) is 5.25 Å². The van der Waals surface area contributed by atoms with Crippen LogP contribution in [0, 0.1) is 0 Å². The first kappa shape index (κ1) is 12.5. The number of aryl methyl sites for hydroxylation is 1. The van der Waals surface area contributed by atoms with Crippen LogP contribution in [0.15, 0.2) is 18.3 Å². The minimum Gasteiger partial charge on any atom is -0.351 e. The molecule has 0 spiro atoms. The summed E-state index contributed by atoms with van der Waals surface area (Å²) < 4.78 is 13.3. The molecular formula is C11H20N2OS. The largest absolute Gasteiger partial charge is 0.351 e. The maximum atomic E-state index is 11.1. The first-order valence-electron chi connectivity index (χ1n) is 5.32. The van der Waals surface area contributed by atoms with Gasteiger partial charge in [-0.2, -0.15) is 0 Å². The van der Waals surface area contributed by atoms with Crippen LogP contribution in [0.1, 0.15) is 19.5 Å². The highest BCUT2D eigenvalue weighted by Crippen LogP contribution is 2.01. The molecule has 1 N–H and O–H groups in total. The van der Waals surface area contributed by atoms with Gasteiger partial charge in [-0.1, -0.05) is 0 Å². The standard InChI is InChI=1S/C11H20N2OS/c1-4-13-7-5-6-11(13)9-12-8-10(2)15(3)14/h5-7,10,12H,4,8-9H2,1-3H3. The molecule has 2 unspecified atom stereocenters. The number of hydrogen-bond acceptors (Lipinski definition) is 2. The van der Waals surface area contributed by atoms with Gasteiger partial charge in [-0.3, -0.25) is 4.21 Å². The second kappa shape index (κ2) is 6.08. The van der Waals surface area contributed by atoms with Gasteiger partial charge in [-0.05, 0) is 26.0 Å². The number of nitrogens with zero attached hydrogens (tertiary/aromatic N) is 1. The molecule has 0 aliphatic rings. The fourth-order valence-electron chi connectivity index (χ4n) is 1.44. The van der Waals surface area contributed by atoms with Crippen molar-refractivity contribution in [3.63, 3.8) is 0 Å². The van der Waals surface area contributed by atoms with Gasteiger partial charge in [0, 0.05) is 53.8 Å². The molecule has 0 aliphatic carbocycles. The molecule has 0 aromatic carbocycles. The Morgan fingerprint density at radius 3 is 2.93 bits per heavy atom. The normalized spacial score (nSPS) is 15.1. The molecular weight excluding hydrogens is 208 g/mol. The molecule has 1 aromatic rings. The Labute approximate surface area is 94.3 Å². The van der Waals surface area contributed by atoms with Gasteiger partial charge in [0.1, 0.15) is 0 Å². The van der Waals surface area contributed by atoms with Gasteiger partial charge in [0.05, 0.1) is 0 Å². The second-order valence-corrected chi connectivity index (χ2v) is 5.53. The summed E-state index contributed by atoms with van der Waals surface area (Å²) in [5, 5.41) is 3.55. The molecule has 1 rings (SSSR count). The van der Waals surface area contributed by atoms with Crippen LogP contribution in [0.4, 0.5) is 0 Å². The monoisotopic (exact) mass is 228 g/mol. The SMILES string of the molecule is CCn1cccc1CNCC(C)S(C)=O. The lowest BCUT2D eigenvalue weighted by molar-refractivity contribution is 0.616. The van der Waals surface area contributed by atoms with Crippen LogP contribution in [0.2, 0.25) is 0 Å². The van der Waals surface area contributed by atoms with E-state index in [4.69, 9.17) is 0 Å². The van der Waals surface area contributed by atoms with Crippen molar-refractivity contribution in [1.29, 1.82) is 0 Å². The zero-order chi connectivity index (χ0) is 11.3. The summed E-state index contributed by atoms with van der Waals surface area (Å²) >= 11 is 0. The Morgan fingerprint density at radius 2 is 2.33 bits per heavy atom. The molecule has 0 saturated heterocycles. The topological polar surface area (TPSA) is 34.0 Å². The zero-order valence-electron chi connectivity index (χ0n) is 9.69. The molecule has 86 valence electrons. The average Bonchev–Trinajstić information content (AvgIpc) is 2.65. The molecule has 3 nitrogen and oxygen atoms in total. The smallest absolute Gasteiger partial charge is 0.0441 e. The summed E-state index contributed by atoms with van der Waals surface area (Å²) in [7, 11) is -0.735. The fraction of sp³-hybridized carbons (Fsp3) is 0.636. The third-order valence-electron chi connectivity index (χ3n) is 2.57. The van der Waals surface area contributed by atoms with Crippen LogP contribution in [0.3, 0.4) is 0 Å². The van der Waals surface area contributed by atoms with E-state index < -0.39 is 10.8 Å². The number of rotatable bonds is 6. The van der Waals surface area contributed by atoms with Crippen molar-refractivity contribution < 1.29 is 4.21 Å². The molecule has 15 heavy (non-hydrogen) atoms. The maximum absolute atomic E-state index is 11.1. The molecule has 0 fully saturated rings. The van der Waals surface area contributed by atoms with E-state index in [9.17, 15) is 4.21 Å². The highest BCUT2D eigenvalue weighted by molar-refractivity contribution is 7.84. The van der Waals surface area contributed by atoms with Crippen molar-refractivity contribution in [2.45, 2.75) is 32.2 Å². The summed E-state index contributed by atoms with van der Waals surface area (Å²) in [6.45, 7) is 6.79. The number of aromatic nitrogens is 1. The van der Waals surface area contributed by atoms with Crippen molar-refractivity contribution in [3.8, 4) is 0 Å². The third kappa shape index (κ3) is 3.80. The molecule has 1 aromatic heterocycles. The Kier molecular flexibility index (Phi) is 5.05. The van der Waals surface area contributed by atoms with Crippen LogP contribution < -0.4 is 5.32 Å². The van der Waals surface area contributed by atoms with E-state index in [1.165, 1.54) is 5.69 Å². The Bertz CT molecular complexity index is 322. The lowest BCUT2D eigenvalue weighted by atomic mass is 10.4. The summed E-state index contributed by atoms with van der Waals surface area (Å²) in [4.78, 5) is 0. The number of hydrogen-bond donors (Lipinski definition) is 1. The van der Waals surface area contributed by atoms with Crippen LogP contribution in [-0.4, -0.2) is 26.8 Å². The molecule has 0 aliphatic heterocycles. The summed E-state index contributed by atoms with van der Waals surface area (Å²) in [6.07, 6.45) is 3.83. The van der Waals surface area contributed by atoms with E-state index in [2.05, 4.69) is 35.1 Å². The molecule has 2 atom stereocenters. The molecule has 1 heterocycles. The molecule has 0 amide bonds. The van der Waals surface area contributed by atoms with Crippen LogP contribution in [-0.2, 0) is 23.9 Å². The van der Waals surface area contributed by atoms with Crippen LogP contribution in [0.25, 0.3) is 0 Å². The summed E-state index contributed by atoms with van der Waals surface area (Å²) in [5.74, 6) is 0.